The van der Waals surface area contributed by atoms with Gasteiger partial charge in [-0.25, -0.2) is 9.59 Å². The van der Waals surface area contributed by atoms with E-state index in [1.165, 1.54) is 6.07 Å². The minimum Gasteiger partial charge on any atom is -0.481 e. The number of carbonyl (C=O) groups excluding carboxylic acids is 2. The maximum Gasteiger partial charge on any atom is 0.344 e. The quantitative estimate of drug-likeness (QED) is 0.479. The summed E-state index contributed by atoms with van der Waals surface area (Å²) in [5.41, 5.74) is 1.36. The van der Waals surface area contributed by atoms with Crippen LogP contribution >= 0.6 is 0 Å². The predicted octanol–water partition coefficient (Wildman–Crippen LogP) is 3.32. The van der Waals surface area contributed by atoms with Crippen LogP contribution < -0.4 is 10.4 Å². The van der Waals surface area contributed by atoms with Crippen LogP contribution in [0.4, 0.5) is 0 Å². The maximum atomic E-state index is 11.9. The summed E-state index contributed by atoms with van der Waals surface area (Å²) in [5, 5.41) is 0.744. The molecule has 0 amide bonds. The number of fused-ring (bicyclic) bond motifs is 1. The highest BCUT2D eigenvalue weighted by Crippen LogP contribution is 2.28. The molecule has 0 saturated heterocycles. The fourth-order valence-electron chi connectivity index (χ4n) is 2.68. The lowest BCUT2D eigenvalue weighted by atomic mass is 10.0. The Hall–Kier alpha value is -2.83. The molecule has 0 radical (unpaired) electrons. The van der Waals surface area contributed by atoms with Crippen molar-refractivity contribution in [3.63, 3.8) is 0 Å². The van der Waals surface area contributed by atoms with E-state index in [4.69, 9.17) is 18.6 Å². The van der Waals surface area contributed by atoms with Crippen molar-refractivity contribution in [1.29, 1.82) is 0 Å². The second kappa shape index (κ2) is 9.92. The molecule has 7 nitrogen and oxygen atoms in total. The fourth-order valence-corrected chi connectivity index (χ4v) is 2.68. The van der Waals surface area contributed by atoms with E-state index < -0.39 is 11.6 Å². The Bertz CT molecular complexity index is 895. The Kier molecular flexibility index (Phi) is 7.61. The number of aryl methyl sites for hydroxylation is 2. The Labute approximate surface area is 163 Å². The Morgan fingerprint density at radius 3 is 2.57 bits per heavy atom. The first kappa shape index (κ1) is 21.5. The highest BCUT2D eigenvalue weighted by molar-refractivity contribution is 5.83. The summed E-state index contributed by atoms with van der Waals surface area (Å²) in [6, 6.07) is 4.78. The molecule has 0 atom stereocenters. The molecule has 28 heavy (non-hydrogen) atoms. The van der Waals surface area contributed by atoms with Gasteiger partial charge in [-0.2, -0.15) is 0 Å². The second-order valence-electron chi connectivity index (χ2n) is 6.75. The van der Waals surface area contributed by atoms with Crippen LogP contribution in [0.3, 0.4) is 0 Å². The van der Waals surface area contributed by atoms with Gasteiger partial charge in [-0.1, -0.05) is 6.92 Å². The van der Waals surface area contributed by atoms with Crippen LogP contribution in [0.5, 0.6) is 5.75 Å². The summed E-state index contributed by atoms with van der Waals surface area (Å²) in [6.07, 6.45) is 1.05. The standard InChI is InChI=1S/C21H26O7/c1-5-8-25-19(22)7-6-15-10-16-14(4)9-20(23)28-18(16)11-17(15)26-12-21(24)27-13(2)3/h9-11,13H,5-8,12H2,1-4H3. The highest BCUT2D eigenvalue weighted by Gasteiger charge is 2.15. The maximum absolute atomic E-state index is 11.9. The van der Waals surface area contributed by atoms with Crippen LogP contribution in [-0.4, -0.2) is 31.3 Å². The van der Waals surface area contributed by atoms with Gasteiger partial charge < -0.3 is 18.6 Å². The average molecular weight is 390 g/mol. The van der Waals surface area contributed by atoms with Gasteiger partial charge >= 0.3 is 17.6 Å². The number of ether oxygens (including phenoxy) is 3. The molecule has 152 valence electrons. The minimum atomic E-state index is -0.505. The number of hydrogen-bond donors (Lipinski definition) is 0. The van der Waals surface area contributed by atoms with E-state index in [9.17, 15) is 14.4 Å². The lowest BCUT2D eigenvalue weighted by molar-refractivity contribution is -0.149. The van der Waals surface area contributed by atoms with Crippen LogP contribution in [0.1, 0.15) is 44.7 Å². The highest BCUT2D eigenvalue weighted by atomic mass is 16.6. The third-order valence-electron chi connectivity index (χ3n) is 3.91. The second-order valence-corrected chi connectivity index (χ2v) is 6.75. The molecule has 0 saturated carbocycles. The summed E-state index contributed by atoms with van der Waals surface area (Å²) in [5.74, 6) is -0.442. The number of hydrogen-bond acceptors (Lipinski definition) is 7. The van der Waals surface area contributed by atoms with Gasteiger partial charge in [0.15, 0.2) is 6.61 Å². The minimum absolute atomic E-state index is 0.175. The van der Waals surface area contributed by atoms with E-state index in [0.717, 1.165) is 22.9 Å². The lowest BCUT2D eigenvalue weighted by Crippen LogP contribution is -2.19. The molecule has 0 bridgehead atoms. The molecule has 2 aromatic rings. The lowest BCUT2D eigenvalue weighted by Gasteiger charge is -2.14. The number of carbonyl (C=O) groups is 2. The largest absolute Gasteiger partial charge is 0.481 e. The Morgan fingerprint density at radius 2 is 1.89 bits per heavy atom. The van der Waals surface area contributed by atoms with Crippen molar-refractivity contribution < 1.29 is 28.2 Å². The van der Waals surface area contributed by atoms with Crippen LogP contribution in [0.15, 0.2) is 27.4 Å². The molecule has 2 rings (SSSR count). The molecule has 0 unspecified atom stereocenters. The number of rotatable bonds is 9. The van der Waals surface area contributed by atoms with Gasteiger partial charge in [0.25, 0.3) is 0 Å². The zero-order valence-electron chi connectivity index (χ0n) is 16.7. The molecule has 1 heterocycles. The van der Waals surface area contributed by atoms with Crippen molar-refractivity contribution in [3.05, 3.63) is 39.7 Å². The van der Waals surface area contributed by atoms with Crippen molar-refractivity contribution >= 4 is 22.9 Å². The van der Waals surface area contributed by atoms with E-state index >= 15 is 0 Å². The van der Waals surface area contributed by atoms with Gasteiger partial charge in [0.05, 0.1) is 12.7 Å². The SMILES string of the molecule is CCCOC(=O)CCc1cc2c(C)cc(=O)oc2cc1OCC(=O)OC(C)C. The van der Waals surface area contributed by atoms with E-state index in [1.807, 2.05) is 13.0 Å². The van der Waals surface area contributed by atoms with Crippen molar-refractivity contribution in [1.82, 2.24) is 0 Å². The van der Waals surface area contributed by atoms with Gasteiger partial charge in [0.1, 0.15) is 11.3 Å². The first-order valence-electron chi connectivity index (χ1n) is 9.35. The molecule has 1 aromatic carbocycles. The van der Waals surface area contributed by atoms with Gasteiger partial charge in [-0.05, 0) is 50.8 Å². The fraction of sp³-hybridized carbons (Fsp3) is 0.476. The Morgan fingerprint density at radius 1 is 1.14 bits per heavy atom. The number of benzene rings is 1. The summed E-state index contributed by atoms with van der Waals surface area (Å²) < 4.78 is 21.0. The third-order valence-corrected chi connectivity index (χ3v) is 3.91. The van der Waals surface area contributed by atoms with E-state index in [0.29, 0.717) is 24.4 Å². The van der Waals surface area contributed by atoms with Gasteiger partial charge in [-0.15, -0.1) is 0 Å². The van der Waals surface area contributed by atoms with Crippen molar-refractivity contribution in [2.24, 2.45) is 0 Å². The topological polar surface area (TPSA) is 92.0 Å². The van der Waals surface area contributed by atoms with Crippen molar-refractivity contribution in [2.45, 2.75) is 53.1 Å². The summed E-state index contributed by atoms with van der Waals surface area (Å²) >= 11 is 0. The first-order chi connectivity index (χ1) is 13.3. The molecule has 0 aliphatic heterocycles. The smallest absolute Gasteiger partial charge is 0.344 e. The molecular formula is C21H26O7. The summed E-state index contributed by atoms with van der Waals surface area (Å²) in [7, 11) is 0. The molecule has 7 heteroatoms. The van der Waals surface area contributed by atoms with Crippen LogP contribution in [0.2, 0.25) is 0 Å². The van der Waals surface area contributed by atoms with Crippen molar-refractivity contribution in [2.75, 3.05) is 13.2 Å². The van der Waals surface area contributed by atoms with E-state index in [-0.39, 0.29) is 25.1 Å². The number of esters is 2. The predicted molar refractivity (Wildman–Crippen MR) is 104 cm³/mol. The zero-order chi connectivity index (χ0) is 20.7. The van der Waals surface area contributed by atoms with Gasteiger partial charge in [0.2, 0.25) is 0 Å². The molecule has 0 aliphatic rings. The van der Waals surface area contributed by atoms with E-state index in [1.54, 1.807) is 26.8 Å². The monoisotopic (exact) mass is 390 g/mol. The third kappa shape index (κ3) is 6.11. The van der Waals surface area contributed by atoms with Crippen molar-refractivity contribution in [3.8, 4) is 5.75 Å². The molecule has 0 aliphatic carbocycles. The Balaban J connectivity index is 2.28. The molecule has 0 N–H and O–H groups in total. The van der Waals surface area contributed by atoms with Crippen LogP contribution in [0.25, 0.3) is 11.0 Å². The first-order valence-corrected chi connectivity index (χ1v) is 9.35. The van der Waals surface area contributed by atoms with Gasteiger partial charge in [0, 0.05) is 23.9 Å². The van der Waals surface area contributed by atoms with Crippen LogP contribution in [0, 0.1) is 6.92 Å². The normalized spacial score (nSPS) is 10.9. The average Bonchev–Trinajstić information content (AvgIpc) is 2.62. The van der Waals surface area contributed by atoms with E-state index in [2.05, 4.69) is 0 Å². The molecule has 0 fully saturated rings. The summed E-state index contributed by atoms with van der Waals surface area (Å²) in [6.45, 7) is 7.32. The summed E-state index contributed by atoms with van der Waals surface area (Å²) in [4.78, 5) is 35.3. The molecule has 0 spiro atoms. The zero-order valence-corrected chi connectivity index (χ0v) is 16.7. The molecular weight excluding hydrogens is 364 g/mol. The van der Waals surface area contributed by atoms with Crippen LogP contribution in [-0.2, 0) is 25.5 Å². The molecule has 1 aromatic heterocycles. The van der Waals surface area contributed by atoms with Gasteiger partial charge in [-0.3, -0.25) is 4.79 Å².